The van der Waals surface area contributed by atoms with Crippen molar-refractivity contribution in [3.8, 4) is 0 Å². The summed E-state index contributed by atoms with van der Waals surface area (Å²) in [6, 6.07) is 0. The van der Waals surface area contributed by atoms with Crippen molar-refractivity contribution in [3.63, 3.8) is 0 Å². The molecule has 0 spiro atoms. The molecule has 1 aliphatic carbocycles. The summed E-state index contributed by atoms with van der Waals surface area (Å²) in [6.07, 6.45) is 3.81. The van der Waals surface area contributed by atoms with Gasteiger partial charge < -0.3 is 5.11 Å². The second kappa shape index (κ2) is 2.82. The summed E-state index contributed by atoms with van der Waals surface area (Å²) in [5.41, 5.74) is 0.639. The SMILES string of the molecule is Cc1nc(CC2(O)CCC2)cs1. The zero-order valence-corrected chi connectivity index (χ0v) is 8.02. The van der Waals surface area contributed by atoms with Crippen molar-refractivity contribution in [3.05, 3.63) is 16.1 Å². The fourth-order valence-electron chi connectivity index (χ4n) is 1.59. The molecule has 0 amide bonds. The molecule has 0 unspecified atom stereocenters. The number of hydrogen-bond donors (Lipinski definition) is 1. The monoisotopic (exact) mass is 183 g/mol. The lowest BCUT2D eigenvalue weighted by atomic mass is 9.77. The molecule has 12 heavy (non-hydrogen) atoms. The van der Waals surface area contributed by atoms with Crippen LogP contribution in [0.25, 0.3) is 0 Å². The summed E-state index contributed by atoms with van der Waals surface area (Å²) in [7, 11) is 0. The van der Waals surface area contributed by atoms with E-state index in [1.54, 1.807) is 11.3 Å². The van der Waals surface area contributed by atoms with Gasteiger partial charge in [-0.25, -0.2) is 4.98 Å². The number of rotatable bonds is 2. The minimum Gasteiger partial charge on any atom is -0.389 e. The van der Waals surface area contributed by atoms with Crippen LogP contribution in [0.15, 0.2) is 5.38 Å². The Hall–Kier alpha value is -0.410. The molecule has 1 aromatic rings. The van der Waals surface area contributed by atoms with Crippen LogP contribution in [0.5, 0.6) is 0 Å². The third kappa shape index (κ3) is 1.52. The van der Waals surface area contributed by atoms with E-state index in [1.165, 1.54) is 6.42 Å². The van der Waals surface area contributed by atoms with Gasteiger partial charge in [0.25, 0.3) is 0 Å². The molecule has 66 valence electrons. The first kappa shape index (κ1) is 8.20. The molecule has 3 heteroatoms. The number of thiazole rings is 1. The van der Waals surface area contributed by atoms with Crippen molar-refractivity contribution in [2.24, 2.45) is 0 Å². The smallest absolute Gasteiger partial charge is 0.0897 e. The van der Waals surface area contributed by atoms with Gasteiger partial charge in [-0.1, -0.05) is 0 Å². The Kier molecular flexibility index (Phi) is 1.93. The first-order valence-corrected chi connectivity index (χ1v) is 5.19. The van der Waals surface area contributed by atoms with Crippen LogP contribution < -0.4 is 0 Å². The largest absolute Gasteiger partial charge is 0.389 e. The van der Waals surface area contributed by atoms with Crippen LogP contribution in [0.1, 0.15) is 30.0 Å². The van der Waals surface area contributed by atoms with Crippen molar-refractivity contribution in [2.45, 2.75) is 38.2 Å². The summed E-state index contributed by atoms with van der Waals surface area (Å²) in [5, 5.41) is 13.0. The highest BCUT2D eigenvalue weighted by molar-refractivity contribution is 7.09. The van der Waals surface area contributed by atoms with E-state index in [1.807, 2.05) is 12.3 Å². The van der Waals surface area contributed by atoms with Crippen LogP contribution in [-0.2, 0) is 6.42 Å². The fraction of sp³-hybridized carbons (Fsp3) is 0.667. The van der Waals surface area contributed by atoms with Crippen molar-refractivity contribution in [1.29, 1.82) is 0 Å². The highest BCUT2D eigenvalue weighted by atomic mass is 32.1. The van der Waals surface area contributed by atoms with Crippen LogP contribution in [0.2, 0.25) is 0 Å². The second-order valence-electron chi connectivity index (χ2n) is 3.61. The van der Waals surface area contributed by atoms with Gasteiger partial charge in [0.05, 0.1) is 16.3 Å². The maximum absolute atomic E-state index is 9.84. The first-order chi connectivity index (χ1) is 5.68. The Morgan fingerprint density at radius 2 is 2.42 bits per heavy atom. The van der Waals surface area contributed by atoms with Gasteiger partial charge in [-0.05, 0) is 26.2 Å². The summed E-state index contributed by atoms with van der Waals surface area (Å²) in [6.45, 7) is 2.00. The second-order valence-corrected chi connectivity index (χ2v) is 4.67. The Morgan fingerprint density at radius 3 is 2.83 bits per heavy atom. The first-order valence-electron chi connectivity index (χ1n) is 4.31. The molecule has 0 saturated heterocycles. The Morgan fingerprint density at radius 1 is 1.67 bits per heavy atom. The molecule has 2 rings (SSSR count). The molecule has 0 radical (unpaired) electrons. The van der Waals surface area contributed by atoms with E-state index in [2.05, 4.69) is 4.98 Å². The lowest BCUT2D eigenvalue weighted by molar-refractivity contribution is -0.0329. The van der Waals surface area contributed by atoms with Gasteiger partial charge in [-0.3, -0.25) is 0 Å². The maximum atomic E-state index is 9.84. The number of aryl methyl sites for hydroxylation is 1. The molecule has 1 aromatic heterocycles. The molecule has 2 nitrogen and oxygen atoms in total. The standard InChI is InChI=1S/C9H13NOS/c1-7-10-8(6-12-7)5-9(11)3-2-4-9/h6,11H,2-5H2,1H3. The van der Waals surface area contributed by atoms with Crippen molar-refractivity contribution in [2.75, 3.05) is 0 Å². The van der Waals surface area contributed by atoms with E-state index in [0.29, 0.717) is 0 Å². The van der Waals surface area contributed by atoms with Crippen LogP contribution in [0.4, 0.5) is 0 Å². The summed E-state index contributed by atoms with van der Waals surface area (Å²) in [5.74, 6) is 0. The van der Waals surface area contributed by atoms with Crippen LogP contribution in [0.3, 0.4) is 0 Å². The van der Waals surface area contributed by atoms with Gasteiger partial charge in [0.1, 0.15) is 0 Å². The molecule has 0 atom stereocenters. The Balaban J connectivity index is 2.03. The van der Waals surface area contributed by atoms with Gasteiger partial charge in [-0.15, -0.1) is 11.3 Å². The number of aliphatic hydroxyl groups is 1. The highest BCUT2D eigenvalue weighted by Gasteiger charge is 2.34. The topological polar surface area (TPSA) is 33.1 Å². The molecular weight excluding hydrogens is 170 g/mol. The van der Waals surface area contributed by atoms with Crippen LogP contribution in [-0.4, -0.2) is 15.7 Å². The Labute approximate surface area is 76.3 Å². The molecular formula is C9H13NOS. The minimum absolute atomic E-state index is 0.416. The minimum atomic E-state index is -0.416. The molecule has 0 bridgehead atoms. The van der Waals surface area contributed by atoms with E-state index >= 15 is 0 Å². The predicted octanol–water partition coefficient (Wildman–Crippen LogP) is 1.91. The predicted molar refractivity (Wildman–Crippen MR) is 49.4 cm³/mol. The number of nitrogens with zero attached hydrogens (tertiary/aromatic N) is 1. The molecule has 1 N–H and O–H groups in total. The van der Waals surface area contributed by atoms with Crippen molar-refractivity contribution in [1.82, 2.24) is 4.98 Å². The zero-order valence-electron chi connectivity index (χ0n) is 7.21. The van der Waals surface area contributed by atoms with Crippen LogP contribution >= 0.6 is 11.3 Å². The summed E-state index contributed by atoms with van der Waals surface area (Å²) in [4.78, 5) is 4.34. The number of hydrogen-bond acceptors (Lipinski definition) is 3. The normalized spacial score (nSPS) is 20.5. The fourth-order valence-corrected chi connectivity index (χ4v) is 2.20. The average Bonchev–Trinajstić information content (AvgIpc) is 2.32. The van der Waals surface area contributed by atoms with Crippen LogP contribution in [0, 0.1) is 6.92 Å². The zero-order chi connectivity index (χ0) is 8.60. The van der Waals surface area contributed by atoms with E-state index in [-0.39, 0.29) is 0 Å². The summed E-state index contributed by atoms with van der Waals surface area (Å²) < 4.78 is 0. The average molecular weight is 183 g/mol. The van der Waals surface area contributed by atoms with E-state index < -0.39 is 5.60 Å². The lowest BCUT2D eigenvalue weighted by Gasteiger charge is -2.35. The van der Waals surface area contributed by atoms with Gasteiger partial charge in [0, 0.05) is 11.8 Å². The molecule has 0 aliphatic heterocycles. The molecule has 1 saturated carbocycles. The molecule has 1 heterocycles. The van der Waals surface area contributed by atoms with E-state index in [0.717, 1.165) is 30.0 Å². The molecule has 1 fully saturated rings. The van der Waals surface area contributed by atoms with Gasteiger partial charge >= 0.3 is 0 Å². The molecule has 1 aliphatic rings. The van der Waals surface area contributed by atoms with Crippen molar-refractivity contribution < 1.29 is 5.11 Å². The Bertz CT molecular complexity index is 278. The third-order valence-electron chi connectivity index (χ3n) is 2.46. The van der Waals surface area contributed by atoms with Gasteiger partial charge in [-0.2, -0.15) is 0 Å². The third-order valence-corrected chi connectivity index (χ3v) is 3.28. The van der Waals surface area contributed by atoms with Gasteiger partial charge in [0.15, 0.2) is 0 Å². The number of aromatic nitrogens is 1. The maximum Gasteiger partial charge on any atom is 0.0897 e. The van der Waals surface area contributed by atoms with E-state index in [9.17, 15) is 5.11 Å². The van der Waals surface area contributed by atoms with Crippen molar-refractivity contribution >= 4 is 11.3 Å². The summed E-state index contributed by atoms with van der Waals surface area (Å²) >= 11 is 1.66. The van der Waals surface area contributed by atoms with E-state index in [4.69, 9.17) is 0 Å². The van der Waals surface area contributed by atoms with Gasteiger partial charge in [0.2, 0.25) is 0 Å². The quantitative estimate of drug-likeness (QED) is 0.759. The lowest BCUT2D eigenvalue weighted by Crippen LogP contribution is -2.38. The highest BCUT2D eigenvalue weighted by Crippen LogP contribution is 2.34. The molecule has 0 aromatic carbocycles.